The molecule has 3 fully saturated rings. The minimum absolute atomic E-state index is 0.106. The lowest BCUT2D eigenvalue weighted by molar-refractivity contribution is -0.123. The van der Waals surface area contributed by atoms with Gasteiger partial charge in [0.2, 0.25) is 11.9 Å². The second-order valence-corrected chi connectivity index (χ2v) is 11.9. The highest BCUT2D eigenvalue weighted by molar-refractivity contribution is 7.99. The summed E-state index contributed by atoms with van der Waals surface area (Å²) < 4.78 is 21.2. The molecule has 6 bridgehead atoms. The zero-order valence-electron chi connectivity index (χ0n) is 20.5. The maximum atomic E-state index is 14.8. The van der Waals surface area contributed by atoms with Gasteiger partial charge in [-0.2, -0.15) is 16.7 Å². The van der Waals surface area contributed by atoms with E-state index in [0.29, 0.717) is 17.8 Å². The molecule has 5 atom stereocenters. The Kier molecular flexibility index (Phi) is 6.41. The Morgan fingerprint density at radius 3 is 2.92 bits per heavy atom. The van der Waals surface area contributed by atoms with Crippen LogP contribution >= 0.6 is 11.8 Å². The van der Waals surface area contributed by atoms with E-state index < -0.39 is 5.82 Å². The quantitative estimate of drug-likeness (QED) is 0.561. The molecule has 4 aliphatic rings. The molecule has 36 heavy (non-hydrogen) atoms. The van der Waals surface area contributed by atoms with Gasteiger partial charge in [0.05, 0.1) is 18.7 Å². The van der Waals surface area contributed by atoms with Crippen molar-refractivity contribution in [2.45, 2.75) is 42.9 Å². The Morgan fingerprint density at radius 1 is 1.28 bits per heavy atom. The van der Waals surface area contributed by atoms with E-state index in [-0.39, 0.29) is 41.5 Å². The molecule has 10 heteroatoms. The molecule has 2 aliphatic carbocycles. The summed E-state index contributed by atoms with van der Waals surface area (Å²) in [6.45, 7) is 2.77. The second-order valence-electron chi connectivity index (χ2n) is 10.6. The number of aromatic nitrogens is 2. The van der Waals surface area contributed by atoms with Crippen molar-refractivity contribution in [1.29, 1.82) is 0 Å². The molecule has 1 aromatic carbocycles. The number of anilines is 3. The average Bonchev–Trinajstić information content (AvgIpc) is 3.42. The molecular formula is C26H33FN6O2S. The van der Waals surface area contributed by atoms with Crippen molar-refractivity contribution in [3.63, 3.8) is 0 Å². The first-order valence-electron chi connectivity index (χ1n) is 12.9. The summed E-state index contributed by atoms with van der Waals surface area (Å²) in [4.78, 5) is 23.3. The summed E-state index contributed by atoms with van der Waals surface area (Å²) in [6.07, 6.45) is 5.26. The summed E-state index contributed by atoms with van der Waals surface area (Å²) in [6, 6.07) is 5.92. The number of benzene rings is 1. The molecule has 2 aromatic rings. The summed E-state index contributed by atoms with van der Waals surface area (Å²) >= 11 is 1.89. The van der Waals surface area contributed by atoms with Crippen molar-refractivity contribution in [3.05, 3.63) is 35.8 Å². The summed E-state index contributed by atoms with van der Waals surface area (Å²) in [5.41, 5.74) is 7.83. The largest absolute Gasteiger partial charge is 0.492 e. The van der Waals surface area contributed by atoms with E-state index in [0.717, 1.165) is 56.0 Å². The number of thioether (sulfide) groups is 1. The van der Waals surface area contributed by atoms with Crippen molar-refractivity contribution in [2.75, 3.05) is 43.1 Å². The number of halogens is 1. The fourth-order valence-corrected chi connectivity index (χ4v) is 8.05. The number of fused-ring (bicyclic) bond motifs is 5. The minimum atomic E-state index is -0.540. The molecule has 0 radical (unpaired) electrons. The Bertz CT molecular complexity index is 1140. The lowest BCUT2D eigenvalue weighted by atomic mass is 9.83. The van der Waals surface area contributed by atoms with Gasteiger partial charge in [-0.05, 0) is 75.2 Å². The molecule has 3 heterocycles. The van der Waals surface area contributed by atoms with E-state index >= 15 is 0 Å². The minimum Gasteiger partial charge on any atom is -0.492 e. The number of rotatable bonds is 2. The van der Waals surface area contributed by atoms with Crippen LogP contribution in [0.15, 0.2) is 24.4 Å². The second kappa shape index (κ2) is 9.70. The van der Waals surface area contributed by atoms with Crippen molar-refractivity contribution < 1.29 is 13.9 Å². The molecule has 0 spiro atoms. The summed E-state index contributed by atoms with van der Waals surface area (Å²) in [5.74, 6) is 1.87. The zero-order valence-corrected chi connectivity index (χ0v) is 21.3. The standard InChI is InChI=1S/C26H33FN6O2S/c1-33-6-4-14(5-7-33)17-3-2-16-12-20(17)35-8-9-36-21-11-15-10-18(21)23(22(15)24(28)34)31-25-19(27)13-29-26(30-16)32-25/h2-3,12-15,18,21-23H,4-11H2,1H3,(H2,28,34)(H2,29,30,31,32). The van der Waals surface area contributed by atoms with Gasteiger partial charge in [-0.25, -0.2) is 9.37 Å². The maximum absolute atomic E-state index is 14.8. The molecule has 2 saturated carbocycles. The van der Waals surface area contributed by atoms with Crippen molar-refractivity contribution in [2.24, 2.45) is 23.5 Å². The number of piperidine rings is 1. The van der Waals surface area contributed by atoms with Gasteiger partial charge < -0.3 is 26.0 Å². The molecule has 8 nitrogen and oxygen atoms in total. The van der Waals surface area contributed by atoms with Gasteiger partial charge in [0, 0.05) is 28.8 Å². The smallest absolute Gasteiger partial charge is 0.229 e. The number of hydrogen-bond donors (Lipinski definition) is 3. The predicted molar refractivity (Wildman–Crippen MR) is 139 cm³/mol. The van der Waals surface area contributed by atoms with Gasteiger partial charge in [-0.3, -0.25) is 4.79 Å². The van der Waals surface area contributed by atoms with Gasteiger partial charge in [0.1, 0.15) is 5.75 Å². The van der Waals surface area contributed by atoms with Crippen molar-refractivity contribution in [1.82, 2.24) is 14.9 Å². The van der Waals surface area contributed by atoms with Crippen LogP contribution in [-0.4, -0.2) is 64.6 Å². The molecule has 6 rings (SSSR count). The van der Waals surface area contributed by atoms with Crippen LogP contribution in [0.2, 0.25) is 0 Å². The SMILES string of the molecule is CN1CCC(c2ccc3cc2OCCSC2CC4CC2C(Nc2nc(ncc2F)N3)C4C(N)=O)CC1. The van der Waals surface area contributed by atoms with Crippen LogP contribution in [0.25, 0.3) is 0 Å². The first-order chi connectivity index (χ1) is 17.5. The van der Waals surface area contributed by atoms with Gasteiger partial charge >= 0.3 is 0 Å². The Hall–Kier alpha value is -2.59. The van der Waals surface area contributed by atoms with E-state index in [1.807, 2.05) is 23.9 Å². The van der Waals surface area contributed by atoms with Crippen LogP contribution in [0.4, 0.5) is 21.8 Å². The van der Waals surface area contributed by atoms with Gasteiger partial charge in [0.25, 0.3) is 0 Å². The van der Waals surface area contributed by atoms with E-state index in [1.54, 1.807) is 0 Å². The van der Waals surface area contributed by atoms with E-state index in [2.05, 4.69) is 38.6 Å². The van der Waals surface area contributed by atoms with Gasteiger partial charge in [-0.15, -0.1) is 0 Å². The fraction of sp³-hybridized carbons (Fsp3) is 0.577. The molecule has 192 valence electrons. The number of nitrogens with two attached hydrogens (primary N) is 1. The first kappa shape index (κ1) is 23.8. The first-order valence-corrected chi connectivity index (χ1v) is 13.9. The molecule has 1 aromatic heterocycles. The van der Waals surface area contributed by atoms with Crippen LogP contribution in [-0.2, 0) is 4.79 Å². The van der Waals surface area contributed by atoms with E-state index in [1.165, 1.54) is 11.8 Å². The number of amides is 1. The van der Waals surface area contributed by atoms with Crippen molar-refractivity contribution >= 4 is 35.1 Å². The number of carbonyl (C=O) groups excluding carboxylic acids is 1. The molecule has 5 unspecified atom stereocenters. The van der Waals surface area contributed by atoms with Crippen molar-refractivity contribution in [3.8, 4) is 5.75 Å². The lowest BCUT2D eigenvalue weighted by Crippen LogP contribution is -2.46. The number of primary amides is 1. The monoisotopic (exact) mass is 512 g/mol. The Labute approximate surface area is 215 Å². The fourth-order valence-electron chi connectivity index (χ4n) is 6.66. The third-order valence-electron chi connectivity index (χ3n) is 8.42. The summed E-state index contributed by atoms with van der Waals surface area (Å²) in [5, 5.41) is 6.85. The number of carbonyl (C=O) groups is 1. The third kappa shape index (κ3) is 4.49. The molecule has 2 aliphatic heterocycles. The number of ether oxygens (including phenoxy) is 1. The number of hydrogen-bond acceptors (Lipinski definition) is 8. The van der Waals surface area contributed by atoms with Crippen LogP contribution in [0.3, 0.4) is 0 Å². The predicted octanol–water partition coefficient (Wildman–Crippen LogP) is 3.58. The lowest BCUT2D eigenvalue weighted by Gasteiger charge is -2.35. The van der Waals surface area contributed by atoms with Crippen LogP contribution < -0.4 is 21.1 Å². The van der Waals surface area contributed by atoms with E-state index in [9.17, 15) is 9.18 Å². The normalized spacial score (nSPS) is 30.4. The highest BCUT2D eigenvalue weighted by atomic mass is 32.2. The maximum Gasteiger partial charge on any atom is 0.229 e. The number of nitrogens with one attached hydrogen (secondary N) is 2. The average molecular weight is 513 g/mol. The summed E-state index contributed by atoms with van der Waals surface area (Å²) in [7, 11) is 2.17. The Morgan fingerprint density at radius 2 is 2.11 bits per heavy atom. The Balaban J connectivity index is 1.32. The molecule has 4 N–H and O–H groups in total. The molecule has 1 saturated heterocycles. The molecular weight excluding hydrogens is 479 g/mol. The van der Waals surface area contributed by atoms with Gasteiger partial charge in [0.15, 0.2) is 11.6 Å². The van der Waals surface area contributed by atoms with Crippen LogP contribution in [0.5, 0.6) is 5.75 Å². The number of likely N-dealkylation sites (tertiary alicyclic amines) is 1. The molecule has 1 amide bonds. The van der Waals surface area contributed by atoms with Gasteiger partial charge in [-0.1, -0.05) is 6.07 Å². The topological polar surface area (TPSA) is 105 Å². The van der Waals surface area contributed by atoms with E-state index in [4.69, 9.17) is 10.5 Å². The highest BCUT2D eigenvalue weighted by Gasteiger charge is 2.55. The highest BCUT2D eigenvalue weighted by Crippen LogP contribution is 2.53. The van der Waals surface area contributed by atoms with Crippen LogP contribution in [0.1, 0.15) is 37.2 Å². The van der Waals surface area contributed by atoms with Crippen LogP contribution in [0, 0.1) is 23.6 Å². The zero-order chi connectivity index (χ0) is 24.8. The third-order valence-corrected chi connectivity index (χ3v) is 9.79. The number of nitrogens with zero attached hydrogens (tertiary/aromatic N) is 3.